The molecule has 1 aromatic rings. The predicted molar refractivity (Wildman–Crippen MR) is 58.4 cm³/mol. The maximum atomic E-state index is 9.33. The molecule has 1 rings (SSSR count). The van der Waals surface area contributed by atoms with Crippen LogP contribution in [0.1, 0.15) is 0 Å². The fraction of sp³-hybridized carbons (Fsp3) is 0.333. The van der Waals surface area contributed by atoms with E-state index in [2.05, 4.69) is 0 Å². The number of aliphatic hydroxyl groups is 2. The number of aliphatic hydroxyl groups excluding tert-OH is 2. The Bertz CT molecular complexity index is 308. The minimum absolute atomic E-state index is 0. The van der Waals surface area contributed by atoms with Gasteiger partial charge in [0.2, 0.25) is 0 Å². The summed E-state index contributed by atoms with van der Waals surface area (Å²) in [5.41, 5.74) is 5.83. The summed E-state index contributed by atoms with van der Waals surface area (Å²) in [6.45, 7) is -0.455. The summed E-state index contributed by atoms with van der Waals surface area (Å²) in [4.78, 5) is 0. The van der Waals surface area contributed by atoms with Gasteiger partial charge in [-0.2, -0.15) is 0 Å². The molecule has 0 aliphatic heterocycles. The normalized spacial score (nSPS) is 11.6. The monoisotopic (exact) mass is 235 g/mol. The molecule has 6 heteroatoms. The predicted octanol–water partition coefficient (Wildman–Crippen LogP) is 0.128. The molecular weight excluding hydrogens is 222 g/mol. The van der Waals surface area contributed by atoms with Gasteiger partial charge in [0.15, 0.2) is 11.5 Å². The van der Waals surface area contributed by atoms with Gasteiger partial charge in [-0.1, -0.05) is 0 Å². The van der Waals surface area contributed by atoms with E-state index in [1.54, 1.807) is 6.07 Å². The quantitative estimate of drug-likeness (QED) is 0.557. The average Bonchev–Trinajstić information content (AvgIpc) is 2.16. The molecule has 0 saturated heterocycles. The molecular formula is C9H14ClNO4. The van der Waals surface area contributed by atoms with Crippen LogP contribution < -0.4 is 10.5 Å². The zero-order valence-electron chi connectivity index (χ0n) is 7.96. The van der Waals surface area contributed by atoms with Gasteiger partial charge in [0, 0.05) is 11.8 Å². The first-order valence-corrected chi connectivity index (χ1v) is 4.13. The average molecular weight is 236 g/mol. The highest BCUT2D eigenvalue weighted by Gasteiger charge is 2.06. The lowest BCUT2D eigenvalue weighted by Gasteiger charge is -2.11. The van der Waals surface area contributed by atoms with Crippen molar-refractivity contribution < 1.29 is 20.1 Å². The smallest absolute Gasteiger partial charge is 0.161 e. The number of phenols is 1. The number of aromatic hydroxyl groups is 1. The number of rotatable bonds is 4. The number of hydrogen-bond donors (Lipinski definition) is 4. The molecule has 5 nitrogen and oxygen atoms in total. The molecule has 0 aliphatic rings. The number of phenolic OH excluding ortho intramolecular Hbond substituents is 1. The Labute approximate surface area is 93.5 Å². The van der Waals surface area contributed by atoms with E-state index in [1.807, 2.05) is 0 Å². The van der Waals surface area contributed by atoms with Crippen LogP contribution in [0.25, 0.3) is 0 Å². The maximum absolute atomic E-state index is 9.33. The summed E-state index contributed by atoms with van der Waals surface area (Å²) in [7, 11) is 0. The van der Waals surface area contributed by atoms with Crippen LogP contribution in [0.15, 0.2) is 18.2 Å². The zero-order chi connectivity index (χ0) is 10.6. The van der Waals surface area contributed by atoms with E-state index < -0.39 is 6.10 Å². The summed E-state index contributed by atoms with van der Waals surface area (Å²) in [5, 5.41) is 26.8. The fourth-order valence-electron chi connectivity index (χ4n) is 0.895. The minimum Gasteiger partial charge on any atom is -0.504 e. The van der Waals surface area contributed by atoms with Crippen LogP contribution in [0, 0.1) is 0 Å². The first-order valence-electron chi connectivity index (χ1n) is 4.13. The van der Waals surface area contributed by atoms with Crippen molar-refractivity contribution in [3.05, 3.63) is 18.2 Å². The van der Waals surface area contributed by atoms with Gasteiger partial charge in [0.1, 0.15) is 12.7 Å². The number of benzene rings is 1. The molecule has 0 amide bonds. The lowest BCUT2D eigenvalue weighted by atomic mass is 10.3. The molecule has 15 heavy (non-hydrogen) atoms. The van der Waals surface area contributed by atoms with Crippen molar-refractivity contribution in [3.8, 4) is 11.5 Å². The third-order valence-corrected chi connectivity index (χ3v) is 1.62. The van der Waals surface area contributed by atoms with E-state index in [0.29, 0.717) is 5.69 Å². The fourth-order valence-corrected chi connectivity index (χ4v) is 0.895. The Hall–Kier alpha value is -1.17. The highest BCUT2D eigenvalue weighted by atomic mass is 35.5. The third-order valence-electron chi connectivity index (χ3n) is 1.62. The molecule has 1 aromatic carbocycles. The van der Waals surface area contributed by atoms with E-state index in [9.17, 15) is 5.11 Å². The summed E-state index contributed by atoms with van der Waals surface area (Å²) >= 11 is 0. The van der Waals surface area contributed by atoms with Crippen LogP contribution in [0.2, 0.25) is 0 Å². The van der Waals surface area contributed by atoms with Gasteiger partial charge in [-0.25, -0.2) is 0 Å². The second-order valence-electron chi connectivity index (χ2n) is 2.87. The number of nitrogens with two attached hydrogens (primary N) is 1. The molecule has 0 radical (unpaired) electrons. The number of hydrogen-bond acceptors (Lipinski definition) is 5. The Morgan fingerprint density at radius 1 is 1.40 bits per heavy atom. The Morgan fingerprint density at radius 3 is 2.60 bits per heavy atom. The Morgan fingerprint density at radius 2 is 2.07 bits per heavy atom. The molecule has 0 saturated carbocycles. The largest absolute Gasteiger partial charge is 0.504 e. The van der Waals surface area contributed by atoms with E-state index in [4.69, 9.17) is 20.7 Å². The summed E-state index contributed by atoms with van der Waals surface area (Å²) in [6, 6.07) is 4.41. The van der Waals surface area contributed by atoms with Gasteiger partial charge in [0.05, 0.1) is 6.61 Å². The molecule has 86 valence electrons. The van der Waals surface area contributed by atoms with Crippen LogP contribution in [0.3, 0.4) is 0 Å². The van der Waals surface area contributed by atoms with Crippen molar-refractivity contribution >= 4 is 18.1 Å². The van der Waals surface area contributed by atoms with Gasteiger partial charge in [-0.05, 0) is 12.1 Å². The van der Waals surface area contributed by atoms with Gasteiger partial charge >= 0.3 is 0 Å². The zero-order valence-corrected chi connectivity index (χ0v) is 8.78. The molecule has 0 heterocycles. The molecule has 0 spiro atoms. The molecule has 1 atom stereocenters. The van der Waals surface area contributed by atoms with Gasteiger partial charge in [-0.15, -0.1) is 12.4 Å². The van der Waals surface area contributed by atoms with E-state index in [-0.39, 0.29) is 37.1 Å². The van der Waals surface area contributed by atoms with E-state index >= 15 is 0 Å². The molecule has 0 aliphatic carbocycles. The van der Waals surface area contributed by atoms with Crippen molar-refractivity contribution in [2.45, 2.75) is 6.10 Å². The summed E-state index contributed by atoms with van der Waals surface area (Å²) in [6.07, 6.45) is -0.952. The second-order valence-corrected chi connectivity index (χ2v) is 2.87. The first-order chi connectivity index (χ1) is 6.63. The first kappa shape index (κ1) is 13.8. The number of ether oxygens (including phenoxy) is 1. The van der Waals surface area contributed by atoms with Crippen LogP contribution in [0.5, 0.6) is 11.5 Å². The Kier molecular flexibility index (Phi) is 5.84. The minimum atomic E-state index is -0.952. The molecule has 5 N–H and O–H groups in total. The van der Waals surface area contributed by atoms with E-state index in [0.717, 1.165) is 0 Å². The standard InChI is InChI=1S/C9H13NO4.ClH/c10-6-1-2-9(8(13)3-6)14-5-7(12)4-11;/h1-3,7,11-13H,4-5,10H2;1H. The second kappa shape index (κ2) is 6.34. The van der Waals surface area contributed by atoms with Crippen molar-refractivity contribution in [3.63, 3.8) is 0 Å². The molecule has 0 fully saturated rings. The van der Waals surface area contributed by atoms with Gasteiger partial charge in [-0.3, -0.25) is 0 Å². The van der Waals surface area contributed by atoms with E-state index in [1.165, 1.54) is 12.1 Å². The van der Waals surface area contributed by atoms with Crippen LogP contribution in [-0.4, -0.2) is 34.6 Å². The molecule has 0 bridgehead atoms. The van der Waals surface area contributed by atoms with Crippen molar-refractivity contribution in [1.82, 2.24) is 0 Å². The lowest BCUT2D eigenvalue weighted by Crippen LogP contribution is -2.21. The number of halogens is 1. The van der Waals surface area contributed by atoms with Crippen LogP contribution >= 0.6 is 12.4 Å². The molecule has 0 aromatic heterocycles. The summed E-state index contributed by atoms with van der Waals surface area (Å²) in [5.74, 6) is 0.141. The number of nitrogen functional groups attached to an aromatic ring is 1. The Balaban J connectivity index is 0.00000196. The van der Waals surface area contributed by atoms with Crippen molar-refractivity contribution in [2.75, 3.05) is 18.9 Å². The van der Waals surface area contributed by atoms with Gasteiger partial charge in [0.25, 0.3) is 0 Å². The van der Waals surface area contributed by atoms with Crippen molar-refractivity contribution in [2.24, 2.45) is 0 Å². The number of anilines is 1. The van der Waals surface area contributed by atoms with Crippen LogP contribution in [0.4, 0.5) is 5.69 Å². The maximum Gasteiger partial charge on any atom is 0.161 e. The summed E-state index contributed by atoms with van der Waals surface area (Å²) < 4.78 is 5.03. The molecule has 1 unspecified atom stereocenters. The topological polar surface area (TPSA) is 95.9 Å². The third kappa shape index (κ3) is 4.24. The van der Waals surface area contributed by atoms with Crippen molar-refractivity contribution in [1.29, 1.82) is 0 Å². The van der Waals surface area contributed by atoms with Gasteiger partial charge < -0.3 is 25.8 Å². The SMILES string of the molecule is Cl.Nc1ccc(OCC(O)CO)c(O)c1. The highest BCUT2D eigenvalue weighted by molar-refractivity contribution is 5.85. The highest BCUT2D eigenvalue weighted by Crippen LogP contribution is 2.27. The van der Waals surface area contributed by atoms with Crippen LogP contribution in [-0.2, 0) is 0 Å². The lowest BCUT2D eigenvalue weighted by molar-refractivity contribution is 0.0528.